The van der Waals surface area contributed by atoms with Crippen molar-refractivity contribution < 1.29 is 22.4 Å². The number of rotatable bonds is 6. The molecule has 0 amide bonds. The van der Waals surface area contributed by atoms with Crippen LogP contribution in [-0.2, 0) is 19.2 Å². The van der Waals surface area contributed by atoms with Gasteiger partial charge in [0.1, 0.15) is 0 Å². The van der Waals surface area contributed by atoms with Crippen LogP contribution < -0.4 is 5.11 Å². The summed E-state index contributed by atoms with van der Waals surface area (Å²) in [7, 11) is -4.23. The second kappa shape index (κ2) is 6.17. The Morgan fingerprint density at radius 3 is 2.43 bits per heavy atom. The van der Waals surface area contributed by atoms with Gasteiger partial charge < -0.3 is 9.84 Å². The minimum Gasteiger partial charge on any atom is -0.595 e. The fourth-order valence-electron chi connectivity index (χ4n) is 0.408. The van der Waals surface area contributed by atoms with Crippen molar-refractivity contribution in [2.24, 2.45) is 4.40 Å². The zero-order valence-corrected chi connectivity index (χ0v) is 8.20. The summed E-state index contributed by atoms with van der Waals surface area (Å²) in [5, 5.41) is 10.7. The van der Waals surface area contributed by atoms with E-state index in [1.807, 2.05) is 0 Å². The lowest BCUT2D eigenvalue weighted by Crippen LogP contribution is -2.23. The Bertz CT molecular complexity index is 319. The summed E-state index contributed by atoms with van der Waals surface area (Å²) in [6, 6.07) is 0. The highest BCUT2D eigenvalue weighted by Crippen LogP contribution is 1.95. The summed E-state index contributed by atoms with van der Waals surface area (Å²) in [6.45, 7) is 6.14. The first-order valence-electron chi connectivity index (χ1n) is 3.52. The van der Waals surface area contributed by atoms with Crippen molar-refractivity contribution in [3.05, 3.63) is 25.3 Å². The second-order valence-electron chi connectivity index (χ2n) is 1.96. The molecular weight excluding hydrogens is 210 g/mol. The van der Waals surface area contributed by atoms with Crippen LogP contribution in [0.15, 0.2) is 29.7 Å². The first-order valence-corrected chi connectivity index (χ1v) is 4.89. The van der Waals surface area contributed by atoms with Gasteiger partial charge in [-0.05, 0) is 0 Å². The molecule has 0 heterocycles. The van der Waals surface area contributed by atoms with E-state index in [0.717, 1.165) is 0 Å². The van der Waals surface area contributed by atoms with Crippen LogP contribution in [0.4, 0.5) is 0 Å². The van der Waals surface area contributed by atoms with E-state index >= 15 is 0 Å². The first kappa shape index (κ1) is 12.7. The zero-order valence-electron chi connectivity index (χ0n) is 7.38. The molecule has 0 atom stereocenters. The van der Waals surface area contributed by atoms with Gasteiger partial charge in [-0.2, -0.15) is 8.42 Å². The van der Waals surface area contributed by atoms with Crippen LogP contribution in [0.2, 0.25) is 0 Å². The van der Waals surface area contributed by atoms with Crippen LogP contribution in [-0.4, -0.2) is 27.7 Å². The number of ether oxygens (including phenoxy) is 1. The lowest BCUT2D eigenvalue weighted by atomic mass is 10.7. The molecule has 14 heavy (non-hydrogen) atoms. The molecule has 0 saturated heterocycles. The highest BCUT2D eigenvalue weighted by Gasteiger charge is 2.06. The third-order valence-electron chi connectivity index (χ3n) is 0.846. The Balaban J connectivity index is 4.29. The van der Waals surface area contributed by atoms with E-state index in [1.54, 1.807) is 0 Å². The third kappa shape index (κ3) is 6.21. The van der Waals surface area contributed by atoms with E-state index in [4.69, 9.17) is 0 Å². The maximum absolute atomic E-state index is 10.8. The van der Waals surface area contributed by atoms with E-state index in [-0.39, 0.29) is 13.2 Å². The molecule has 0 bridgehead atoms. The van der Waals surface area contributed by atoms with Crippen LogP contribution in [0.3, 0.4) is 0 Å². The summed E-state index contributed by atoms with van der Waals surface area (Å²) in [6.07, 6.45) is 1.25. The summed E-state index contributed by atoms with van der Waals surface area (Å²) < 4.78 is 32.8. The molecule has 0 aromatic carbocycles. The smallest absolute Gasteiger partial charge is 0.382 e. The number of hydrogen-bond acceptors (Lipinski definition) is 5. The van der Waals surface area contributed by atoms with E-state index in [9.17, 15) is 13.5 Å². The topological polar surface area (TPSA) is 88.0 Å². The molecule has 0 spiro atoms. The molecule has 0 aromatic heterocycles. The fraction of sp³-hybridized carbons (Fsp3) is 0.286. The molecule has 0 aliphatic carbocycles. The summed E-state index contributed by atoms with van der Waals surface area (Å²) >= 11 is 0. The Morgan fingerprint density at radius 2 is 1.93 bits per heavy atom. The van der Waals surface area contributed by atoms with E-state index < -0.39 is 16.4 Å². The van der Waals surface area contributed by atoms with Crippen LogP contribution >= 0.6 is 0 Å². The molecule has 0 aliphatic heterocycles. The number of nitrogens with zero attached hydrogens (tertiary/aromatic N) is 1. The fourth-order valence-corrected chi connectivity index (χ4v) is 0.964. The van der Waals surface area contributed by atoms with Gasteiger partial charge in [0, 0.05) is 6.61 Å². The van der Waals surface area contributed by atoms with Gasteiger partial charge >= 0.3 is 10.3 Å². The molecule has 0 radical (unpaired) electrons. The molecule has 80 valence electrons. The quantitative estimate of drug-likeness (QED) is 0.337. The highest BCUT2D eigenvalue weighted by atomic mass is 32.2. The molecule has 0 fully saturated rings. The molecule has 0 saturated carbocycles. The molecular formula is C7H10NO5S-. The minimum atomic E-state index is -4.23. The Morgan fingerprint density at radius 1 is 1.36 bits per heavy atom. The van der Waals surface area contributed by atoms with Gasteiger partial charge in [-0.15, -0.1) is 17.6 Å². The van der Waals surface area contributed by atoms with E-state index in [2.05, 4.69) is 26.5 Å². The predicted octanol–water partition coefficient (Wildman–Crippen LogP) is -0.647. The highest BCUT2D eigenvalue weighted by molar-refractivity contribution is 7.85. The second-order valence-corrected chi connectivity index (χ2v) is 3.23. The van der Waals surface area contributed by atoms with E-state index in [0.29, 0.717) is 0 Å². The molecule has 0 aromatic rings. The molecule has 0 N–H and O–H groups in total. The summed E-state index contributed by atoms with van der Waals surface area (Å²) in [5.74, 6) is 0. The molecule has 0 unspecified atom stereocenters. The van der Waals surface area contributed by atoms with Gasteiger partial charge in [0.05, 0.1) is 6.61 Å². The van der Waals surface area contributed by atoms with Crippen molar-refractivity contribution in [2.75, 3.05) is 13.2 Å². The van der Waals surface area contributed by atoms with Gasteiger partial charge in [-0.1, -0.05) is 12.2 Å². The standard InChI is InChI=1S/C7H11NO5S/c1-3-5-12-7(9)8-14(10,11)13-6-4-2/h3-4H,1-2,5-6H2,(H,8,9)/p-1. The van der Waals surface area contributed by atoms with Gasteiger partial charge in [-0.25, -0.2) is 4.18 Å². The Hall–Kier alpha value is -1.34. The first-order chi connectivity index (χ1) is 6.52. The van der Waals surface area contributed by atoms with Crippen molar-refractivity contribution in [3.63, 3.8) is 0 Å². The Labute approximate surface area is 82.4 Å². The predicted molar refractivity (Wildman–Crippen MR) is 48.7 cm³/mol. The lowest BCUT2D eigenvalue weighted by Gasteiger charge is -2.10. The number of hydrogen-bond donors (Lipinski definition) is 0. The van der Waals surface area contributed by atoms with Crippen LogP contribution in [0.25, 0.3) is 0 Å². The van der Waals surface area contributed by atoms with Gasteiger partial charge in [0.25, 0.3) is 0 Å². The van der Waals surface area contributed by atoms with Crippen LogP contribution in [0, 0.1) is 0 Å². The zero-order chi connectivity index (χ0) is 11.0. The van der Waals surface area contributed by atoms with Gasteiger partial charge in [-0.3, -0.25) is 0 Å². The van der Waals surface area contributed by atoms with Crippen molar-refractivity contribution in [2.45, 2.75) is 0 Å². The maximum Gasteiger partial charge on any atom is 0.382 e. The minimum absolute atomic E-state index is 0.112. The molecule has 0 aliphatic rings. The summed E-state index contributed by atoms with van der Waals surface area (Å²) in [5.41, 5.74) is 0. The monoisotopic (exact) mass is 220 g/mol. The maximum atomic E-state index is 10.8. The van der Waals surface area contributed by atoms with Crippen molar-refractivity contribution in [1.29, 1.82) is 0 Å². The van der Waals surface area contributed by atoms with Crippen molar-refractivity contribution >= 4 is 16.4 Å². The van der Waals surface area contributed by atoms with Crippen LogP contribution in [0.5, 0.6) is 0 Å². The average Bonchev–Trinajstić information content (AvgIpc) is 2.11. The largest absolute Gasteiger partial charge is 0.595 e. The SMILES string of the molecule is C=CCO/C([O-])=N/S(=O)(=O)OCC=C. The third-order valence-corrected chi connectivity index (χ3v) is 1.65. The van der Waals surface area contributed by atoms with Gasteiger partial charge in [0.2, 0.25) is 0 Å². The van der Waals surface area contributed by atoms with Crippen molar-refractivity contribution in [3.8, 4) is 0 Å². The van der Waals surface area contributed by atoms with Gasteiger partial charge in [0.15, 0.2) is 6.08 Å². The van der Waals surface area contributed by atoms with Crippen molar-refractivity contribution in [1.82, 2.24) is 0 Å². The summed E-state index contributed by atoms with van der Waals surface area (Å²) in [4.78, 5) is 0. The molecule has 0 rings (SSSR count). The normalized spacial score (nSPS) is 12.1. The Kier molecular flexibility index (Phi) is 5.58. The average molecular weight is 220 g/mol. The van der Waals surface area contributed by atoms with E-state index in [1.165, 1.54) is 12.2 Å². The molecule has 7 heteroatoms. The molecule has 6 nitrogen and oxygen atoms in total. The van der Waals surface area contributed by atoms with Crippen LogP contribution in [0.1, 0.15) is 0 Å². The lowest BCUT2D eigenvalue weighted by molar-refractivity contribution is -0.248.